The highest BCUT2D eigenvalue weighted by Crippen LogP contribution is 2.47. The molecule has 0 bridgehead atoms. The molecule has 3 aliphatic heterocycles. The molecule has 0 aliphatic carbocycles. The van der Waals surface area contributed by atoms with Crippen LogP contribution in [0.3, 0.4) is 0 Å². The summed E-state index contributed by atoms with van der Waals surface area (Å²) in [6, 6.07) is 29.0. The van der Waals surface area contributed by atoms with Crippen molar-refractivity contribution in [2.24, 2.45) is 0 Å². The number of ether oxygens (including phenoxy) is 1. The van der Waals surface area contributed by atoms with Gasteiger partial charge in [-0.2, -0.15) is 9.97 Å². The highest BCUT2D eigenvalue weighted by atomic mass is 28.4. The van der Waals surface area contributed by atoms with Gasteiger partial charge in [0.15, 0.2) is 5.82 Å². The van der Waals surface area contributed by atoms with E-state index < -0.39 is 28.1 Å². The Morgan fingerprint density at radius 1 is 0.833 bits per heavy atom. The number of aromatic nitrogens is 3. The first-order chi connectivity index (χ1) is 34.2. The summed E-state index contributed by atoms with van der Waals surface area (Å²) in [5, 5.41) is 15.5. The SMILES string of the molecule is CCc1c(F)ccc2cc(O[Si](C(C)C)(C(C)C)C(C)C)cc(-c3ncc4c(N5CCC[C@@](C)(O)C5)nc(OC[C@@]56CCCN5[C@@H](CO[Si](c5ccccc5)(c5ccccc5)C(C)(C)C)CC6)nc4c3F)c12. The fourth-order valence-corrected chi connectivity index (χ4v) is 23.4. The Balaban J connectivity index is 1.10. The first kappa shape index (κ1) is 52.1. The summed E-state index contributed by atoms with van der Waals surface area (Å²) in [6.45, 7) is 26.9. The number of anilines is 1. The standard InChI is InChI=1S/C59H77F2N5O4Si2/c1-12-47-50(60)26-25-42-33-44(70-71(39(2)3,40(4)5)41(6)7)34-48(51(42)47)53-52(61)54-49(35-62-53)55(65-31-19-28-58(11,67)37-65)64-56(63-54)68-38-59-29-20-32-66(59)43(27-30-59)36-69-72(57(8,9)10,45-21-15-13-16-22-45)46-23-17-14-18-24-46/h13-18,21-26,33-35,39-41,43,67H,12,19-20,27-32,36-38H2,1-11H3/t43-,58-,59+/m1/s1. The molecule has 1 N–H and O–H groups in total. The summed E-state index contributed by atoms with van der Waals surface area (Å²) < 4.78 is 55.4. The van der Waals surface area contributed by atoms with Gasteiger partial charge in [-0.1, -0.05) is 136 Å². The van der Waals surface area contributed by atoms with Gasteiger partial charge in [0.05, 0.1) is 23.1 Å². The van der Waals surface area contributed by atoms with Crippen molar-refractivity contribution in [1.29, 1.82) is 0 Å². The number of β-amino-alcohol motifs (C(OH)–C–C–N with tert-alkyl or cyclic N) is 1. The first-order valence-electron chi connectivity index (χ1n) is 26.7. The van der Waals surface area contributed by atoms with E-state index >= 15 is 8.78 Å². The van der Waals surface area contributed by atoms with E-state index in [9.17, 15) is 5.11 Å². The molecule has 5 heterocycles. The summed E-state index contributed by atoms with van der Waals surface area (Å²) in [4.78, 5) is 19.5. The van der Waals surface area contributed by atoms with Crippen LogP contribution < -0.4 is 24.4 Å². The average Bonchev–Trinajstić information content (AvgIpc) is 3.92. The summed E-state index contributed by atoms with van der Waals surface area (Å²) >= 11 is 0. The molecule has 0 spiro atoms. The number of aryl methyl sites for hydroxylation is 1. The van der Waals surface area contributed by atoms with Crippen LogP contribution in [-0.2, 0) is 10.8 Å². The number of hydrogen-bond acceptors (Lipinski definition) is 9. The second-order valence-corrected chi connectivity index (χ2v) is 33.1. The molecule has 4 aromatic carbocycles. The second kappa shape index (κ2) is 20.1. The topological polar surface area (TPSA) is 93.1 Å². The fraction of sp³-hybridized carbons (Fsp3) is 0.508. The molecule has 3 atom stereocenters. The fourth-order valence-electron chi connectivity index (χ4n) is 13.5. The summed E-state index contributed by atoms with van der Waals surface area (Å²) in [5.41, 5.74) is 0.723. The molecule has 384 valence electrons. The van der Waals surface area contributed by atoms with Gasteiger partial charge in [-0.15, -0.1) is 0 Å². The van der Waals surface area contributed by atoms with Crippen LogP contribution in [0.25, 0.3) is 32.9 Å². The molecule has 3 aliphatic rings. The summed E-state index contributed by atoms with van der Waals surface area (Å²) in [7, 11) is -5.23. The first-order valence-corrected chi connectivity index (χ1v) is 30.7. The predicted octanol–water partition coefficient (Wildman–Crippen LogP) is 12.5. The average molecular weight is 1010 g/mol. The molecule has 0 unspecified atom stereocenters. The number of aliphatic hydroxyl groups is 1. The van der Waals surface area contributed by atoms with Gasteiger partial charge in [0.2, 0.25) is 0 Å². The van der Waals surface area contributed by atoms with Crippen molar-refractivity contribution in [2.75, 3.05) is 37.7 Å². The van der Waals surface area contributed by atoms with Crippen LogP contribution in [-0.4, -0.2) is 91.6 Å². The monoisotopic (exact) mass is 1010 g/mol. The van der Waals surface area contributed by atoms with Crippen molar-refractivity contribution in [3.05, 3.63) is 108 Å². The summed E-state index contributed by atoms with van der Waals surface area (Å²) in [5.74, 6) is 0.112. The van der Waals surface area contributed by atoms with Crippen molar-refractivity contribution >= 4 is 54.5 Å². The highest BCUT2D eigenvalue weighted by Gasteiger charge is 2.54. The predicted molar refractivity (Wildman–Crippen MR) is 294 cm³/mol. The quantitative estimate of drug-likeness (QED) is 0.0952. The molecular formula is C59H77F2N5O4Si2. The molecule has 9 rings (SSSR count). The zero-order valence-electron chi connectivity index (χ0n) is 44.6. The van der Waals surface area contributed by atoms with Crippen LogP contribution >= 0.6 is 0 Å². The van der Waals surface area contributed by atoms with E-state index in [4.69, 9.17) is 28.5 Å². The smallest absolute Gasteiger partial charge is 0.319 e. The van der Waals surface area contributed by atoms with Crippen LogP contribution in [0.15, 0.2) is 91.1 Å². The number of benzene rings is 4. The number of halogens is 2. The molecule has 13 heteroatoms. The molecule has 3 fully saturated rings. The molecule has 3 saturated heterocycles. The maximum Gasteiger partial charge on any atom is 0.319 e. The molecule has 0 radical (unpaired) electrons. The van der Waals surface area contributed by atoms with E-state index in [-0.39, 0.29) is 39.7 Å². The van der Waals surface area contributed by atoms with Crippen molar-refractivity contribution in [3.63, 3.8) is 0 Å². The Kier molecular flexibility index (Phi) is 14.6. The Morgan fingerprint density at radius 3 is 2.10 bits per heavy atom. The number of piperidine rings is 1. The van der Waals surface area contributed by atoms with Gasteiger partial charge >= 0.3 is 6.01 Å². The van der Waals surface area contributed by atoms with Gasteiger partial charge in [-0.3, -0.25) is 9.88 Å². The summed E-state index contributed by atoms with van der Waals surface area (Å²) in [6.07, 6.45) is 7.29. The van der Waals surface area contributed by atoms with E-state index in [1.54, 1.807) is 12.3 Å². The largest absolute Gasteiger partial charge is 0.543 e. The zero-order chi connectivity index (χ0) is 51.4. The van der Waals surface area contributed by atoms with Crippen LogP contribution in [0.4, 0.5) is 14.6 Å². The normalized spacial score (nSPS) is 21.2. The third-order valence-electron chi connectivity index (χ3n) is 16.8. The molecule has 2 aromatic heterocycles. The molecule has 6 aromatic rings. The van der Waals surface area contributed by atoms with Crippen molar-refractivity contribution < 1.29 is 27.5 Å². The van der Waals surface area contributed by atoms with Crippen LogP contribution in [0.5, 0.6) is 11.8 Å². The lowest BCUT2D eigenvalue weighted by Gasteiger charge is -2.44. The van der Waals surface area contributed by atoms with Gasteiger partial charge in [0.25, 0.3) is 16.6 Å². The second-order valence-electron chi connectivity index (χ2n) is 23.4. The van der Waals surface area contributed by atoms with Gasteiger partial charge in [0, 0.05) is 30.9 Å². The minimum atomic E-state index is -2.77. The number of pyridine rings is 1. The Hall–Kier alpha value is -4.80. The molecule has 72 heavy (non-hydrogen) atoms. The van der Waals surface area contributed by atoms with Gasteiger partial charge in [0.1, 0.15) is 35.2 Å². The van der Waals surface area contributed by atoms with Crippen molar-refractivity contribution in [2.45, 2.75) is 160 Å². The highest BCUT2D eigenvalue weighted by molar-refractivity contribution is 6.99. The number of hydrogen-bond donors (Lipinski definition) is 1. The van der Waals surface area contributed by atoms with E-state index in [2.05, 4.69) is 128 Å². The van der Waals surface area contributed by atoms with Crippen LogP contribution in [0.2, 0.25) is 21.7 Å². The molecule has 9 nitrogen and oxygen atoms in total. The van der Waals surface area contributed by atoms with Gasteiger partial charge in [-0.25, -0.2) is 8.78 Å². The van der Waals surface area contributed by atoms with Gasteiger partial charge in [-0.05, 0) is 125 Å². The third kappa shape index (κ3) is 9.28. The molecule has 0 saturated carbocycles. The van der Waals surface area contributed by atoms with E-state index in [1.807, 2.05) is 30.9 Å². The van der Waals surface area contributed by atoms with Crippen LogP contribution in [0.1, 0.15) is 120 Å². The number of nitrogens with zero attached hydrogens (tertiary/aromatic N) is 5. The lowest BCUT2D eigenvalue weighted by molar-refractivity contribution is 0.0446. The maximum atomic E-state index is 18.0. The lowest BCUT2D eigenvalue weighted by atomic mass is 9.94. The molecular weight excluding hydrogens is 937 g/mol. The van der Waals surface area contributed by atoms with Crippen molar-refractivity contribution in [3.8, 4) is 23.0 Å². The lowest BCUT2D eigenvalue weighted by Crippen LogP contribution is -2.67. The van der Waals surface area contributed by atoms with Gasteiger partial charge < -0.3 is 23.6 Å². The van der Waals surface area contributed by atoms with E-state index in [1.165, 1.54) is 16.4 Å². The Labute approximate surface area is 429 Å². The third-order valence-corrected chi connectivity index (χ3v) is 27.8. The minimum Gasteiger partial charge on any atom is -0.543 e. The van der Waals surface area contributed by atoms with Crippen LogP contribution in [0, 0.1) is 11.6 Å². The van der Waals surface area contributed by atoms with E-state index in [0.29, 0.717) is 89.2 Å². The minimum absolute atomic E-state index is 0.0606. The Morgan fingerprint density at radius 2 is 1.49 bits per heavy atom. The maximum absolute atomic E-state index is 18.0. The Bertz CT molecular complexity index is 2840. The number of fused-ring (bicyclic) bond motifs is 3. The number of rotatable bonds is 16. The zero-order valence-corrected chi connectivity index (χ0v) is 46.6. The molecule has 0 amide bonds. The van der Waals surface area contributed by atoms with Crippen molar-refractivity contribution in [1.82, 2.24) is 19.9 Å². The van der Waals surface area contributed by atoms with E-state index in [0.717, 1.165) is 44.0 Å².